The first-order valence-corrected chi connectivity index (χ1v) is 13.7. The molecular weight excluding hydrogens is 538 g/mol. The number of anilines is 1. The molecule has 0 saturated carbocycles. The molecule has 0 aliphatic carbocycles. The molecule has 2 aliphatic heterocycles. The molecule has 1 atom stereocenters. The molecule has 0 unspecified atom stereocenters. The number of urea groups is 1. The lowest BCUT2D eigenvalue weighted by atomic mass is 9.98. The standard InChI is InChI=1S/C30H31N7O5/c1-30(35-29(40)33-18-38,17-37-16-20-3-4-21(41-2)14-22(20)28(37)39)26-15-24-25(42-26)6-5-23(34-24)19-7-8-32-27(13-19)36-11-9-31-10-12-36/h3-8,13-15,18,31H,9-12,16-17H2,1-2H3,(H2,33,35,38,40)/t30-/m0/s1. The largest absolute Gasteiger partial charge is 0.497 e. The van der Waals surface area contributed by atoms with Crippen LogP contribution in [0.4, 0.5) is 10.6 Å². The van der Waals surface area contributed by atoms with Gasteiger partial charge in [0.15, 0.2) is 5.58 Å². The van der Waals surface area contributed by atoms with Gasteiger partial charge < -0.3 is 29.6 Å². The normalized spacial score (nSPS) is 16.2. The topological polar surface area (TPSA) is 142 Å². The number of amides is 4. The van der Waals surface area contributed by atoms with Crippen molar-refractivity contribution in [1.29, 1.82) is 0 Å². The number of furan rings is 1. The molecule has 4 aromatic rings. The average Bonchev–Trinajstić information content (AvgIpc) is 3.58. The summed E-state index contributed by atoms with van der Waals surface area (Å²) in [4.78, 5) is 50.2. The van der Waals surface area contributed by atoms with Gasteiger partial charge in [-0.3, -0.25) is 14.9 Å². The summed E-state index contributed by atoms with van der Waals surface area (Å²) in [6, 6.07) is 14.1. The minimum Gasteiger partial charge on any atom is -0.497 e. The maximum Gasteiger partial charge on any atom is 0.322 e. The van der Waals surface area contributed by atoms with E-state index in [-0.39, 0.29) is 12.5 Å². The summed E-state index contributed by atoms with van der Waals surface area (Å²) in [6.07, 6.45) is 2.08. The van der Waals surface area contributed by atoms with Crippen LogP contribution in [0, 0.1) is 0 Å². The average molecular weight is 570 g/mol. The number of carbonyl (C=O) groups is 3. The molecule has 216 valence electrons. The van der Waals surface area contributed by atoms with Crippen molar-refractivity contribution < 1.29 is 23.5 Å². The lowest BCUT2D eigenvalue weighted by Crippen LogP contribution is -2.53. The highest BCUT2D eigenvalue weighted by Gasteiger charge is 2.39. The number of hydrogen-bond donors (Lipinski definition) is 3. The van der Waals surface area contributed by atoms with Gasteiger partial charge in [-0.1, -0.05) is 6.07 Å². The summed E-state index contributed by atoms with van der Waals surface area (Å²) in [5, 5.41) is 8.28. The summed E-state index contributed by atoms with van der Waals surface area (Å²) < 4.78 is 11.5. The summed E-state index contributed by atoms with van der Waals surface area (Å²) in [6.45, 7) is 5.77. The van der Waals surface area contributed by atoms with E-state index in [2.05, 4.69) is 25.8 Å². The first kappa shape index (κ1) is 27.2. The van der Waals surface area contributed by atoms with Crippen molar-refractivity contribution >= 4 is 35.3 Å². The highest BCUT2D eigenvalue weighted by Crippen LogP contribution is 2.34. The van der Waals surface area contributed by atoms with E-state index in [9.17, 15) is 14.4 Å². The Morgan fingerprint density at radius 1 is 1.17 bits per heavy atom. The van der Waals surface area contributed by atoms with Crippen molar-refractivity contribution in [3.8, 4) is 17.0 Å². The van der Waals surface area contributed by atoms with Crippen LogP contribution in [0.5, 0.6) is 5.75 Å². The van der Waals surface area contributed by atoms with E-state index < -0.39 is 11.6 Å². The van der Waals surface area contributed by atoms with Gasteiger partial charge >= 0.3 is 6.03 Å². The number of carbonyl (C=O) groups excluding carboxylic acids is 3. The zero-order valence-corrected chi connectivity index (χ0v) is 23.3. The second-order valence-corrected chi connectivity index (χ2v) is 10.6. The number of pyridine rings is 2. The van der Waals surface area contributed by atoms with Crippen LogP contribution < -0.4 is 25.6 Å². The van der Waals surface area contributed by atoms with Gasteiger partial charge in [-0.25, -0.2) is 14.8 Å². The maximum absolute atomic E-state index is 13.3. The van der Waals surface area contributed by atoms with E-state index in [1.165, 1.54) is 0 Å². The molecule has 5 heterocycles. The van der Waals surface area contributed by atoms with Crippen molar-refractivity contribution in [2.45, 2.75) is 19.0 Å². The van der Waals surface area contributed by atoms with E-state index in [4.69, 9.17) is 14.1 Å². The molecular formula is C30H31N7O5. The predicted octanol–water partition coefficient (Wildman–Crippen LogP) is 2.63. The monoisotopic (exact) mass is 569 g/mol. The van der Waals surface area contributed by atoms with Gasteiger partial charge in [0.1, 0.15) is 28.4 Å². The number of methoxy groups -OCH3 is 1. The number of nitrogens with one attached hydrogen (secondary N) is 3. The zero-order valence-electron chi connectivity index (χ0n) is 23.3. The fraction of sp³-hybridized carbons (Fsp3) is 0.300. The Hall–Kier alpha value is -4.97. The van der Waals surface area contributed by atoms with Crippen LogP contribution in [0.1, 0.15) is 28.6 Å². The van der Waals surface area contributed by atoms with Gasteiger partial charge in [-0.05, 0) is 48.9 Å². The van der Waals surface area contributed by atoms with Gasteiger partial charge in [0, 0.05) is 56.1 Å². The lowest BCUT2D eigenvalue weighted by molar-refractivity contribution is -0.108. The van der Waals surface area contributed by atoms with Crippen LogP contribution in [0.25, 0.3) is 22.4 Å². The lowest BCUT2D eigenvalue weighted by Gasteiger charge is -2.32. The fourth-order valence-electron chi connectivity index (χ4n) is 5.50. The first-order chi connectivity index (χ1) is 20.4. The molecule has 4 amide bonds. The second-order valence-electron chi connectivity index (χ2n) is 10.6. The van der Waals surface area contributed by atoms with E-state index >= 15 is 0 Å². The Balaban J connectivity index is 1.31. The number of nitrogens with zero attached hydrogens (tertiary/aromatic N) is 4. The predicted molar refractivity (Wildman–Crippen MR) is 155 cm³/mol. The zero-order chi connectivity index (χ0) is 29.3. The Bertz CT molecular complexity index is 1670. The first-order valence-electron chi connectivity index (χ1n) is 13.7. The minimum atomic E-state index is -1.19. The van der Waals surface area contributed by atoms with Gasteiger partial charge in [-0.15, -0.1) is 0 Å². The van der Waals surface area contributed by atoms with E-state index in [0.717, 1.165) is 48.8 Å². The molecule has 6 rings (SSSR count). The molecule has 1 aromatic carbocycles. The number of aromatic nitrogens is 2. The molecule has 42 heavy (non-hydrogen) atoms. The van der Waals surface area contributed by atoms with E-state index in [0.29, 0.717) is 41.1 Å². The smallest absolute Gasteiger partial charge is 0.322 e. The number of hydrogen-bond acceptors (Lipinski definition) is 9. The summed E-state index contributed by atoms with van der Waals surface area (Å²) in [7, 11) is 1.55. The SMILES string of the molecule is COc1ccc2c(c1)C(=O)N(C[C@](C)(NC(=O)NC=O)c1cc3nc(-c4ccnc(N5CCNCC5)c4)ccc3o1)C2. The van der Waals surface area contributed by atoms with Crippen LogP contribution in [-0.4, -0.2) is 73.0 Å². The number of imide groups is 1. The van der Waals surface area contributed by atoms with Gasteiger partial charge in [0.05, 0.1) is 19.3 Å². The third-order valence-electron chi connectivity index (χ3n) is 7.68. The Labute approximate surface area is 242 Å². The summed E-state index contributed by atoms with van der Waals surface area (Å²) in [5.41, 5.74) is 2.99. The molecule has 3 N–H and O–H groups in total. The van der Waals surface area contributed by atoms with Gasteiger partial charge in [0.2, 0.25) is 6.41 Å². The number of benzene rings is 1. The molecule has 3 aromatic heterocycles. The second kappa shape index (κ2) is 11.1. The van der Waals surface area contributed by atoms with E-state index in [1.807, 2.05) is 36.4 Å². The summed E-state index contributed by atoms with van der Waals surface area (Å²) in [5.74, 6) is 1.68. The fourth-order valence-corrected chi connectivity index (χ4v) is 5.50. The molecule has 0 bridgehead atoms. The minimum absolute atomic E-state index is 0.0835. The number of rotatable bonds is 8. The molecule has 12 nitrogen and oxygen atoms in total. The third-order valence-corrected chi connectivity index (χ3v) is 7.68. The Morgan fingerprint density at radius 3 is 2.79 bits per heavy atom. The highest BCUT2D eigenvalue weighted by atomic mass is 16.5. The molecule has 0 spiro atoms. The van der Waals surface area contributed by atoms with Crippen LogP contribution >= 0.6 is 0 Å². The maximum atomic E-state index is 13.3. The van der Waals surface area contributed by atoms with Gasteiger partial charge in [-0.2, -0.15) is 0 Å². The molecule has 1 fully saturated rings. The van der Waals surface area contributed by atoms with Crippen molar-refractivity contribution in [3.05, 3.63) is 71.6 Å². The highest BCUT2D eigenvalue weighted by molar-refractivity contribution is 5.99. The van der Waals surface area contributed by atoms with Crippen LogP contribution in [0.3, 0.4) is 0 Å². The molecule has 2 aliphatic rings. The van der Waals surface area contributed by atoms with Crippen molar-refractivity contribution in [1.82, 2.24) is 30.8 Å². The third kappa shape index (κ3) is 5.23. The number of ether oxygens (including phenoxy) is 1. The molecule has 1 saturated heterocycles. The molecule has 12 heteroatoms. The van der Waals surface area contributed by atoms with Crippen molar-refractivity contribution in [2.75, 3.05) is 44.7 Å². The van der Waals surface area contributed by atoms with Gasteiger partial charge in [0.25, 0.3) is 5.91 Å². The Kier molecular flexibility index (Phi) is 7.21. The number of fused-ring (bicyclic) bond motifs is 2. The van der Waals surface area contributed by atoms with Crippen molar-refractivity contribution in [3.63, 3.8) is 0 Å². The van der Waals surface area contributed by atoms with Crippen LogP contribution in [0.15, 0.2) is 59.1 Å². The summed E-state index contributed by atoms with van der Waals surface area (Å²) >= 11 is 0. The quantitative estimate of drug-likeness (QED) is 0.273. The number of piperazine rings is 1. The Morgan fingerprint density at radius 2 is 2.00 bits per heavy atom. The van der Waals surface area contributed by atoms with E-state index in [1.54, 1.807) is 37.3 Å². The van der Waals surface area contributed by atoms with Crippen molar-refractivity contribution in [2.24, 2.45) is 0 Å². The van der Waals surface area contributed by atoms with Crippen LogP contribution in [0.2, 0.25) is 0 Å². The van der Waals surface area contributed by atoms with Crippen LogP contribution in [-0.2, 0) is 16.9 Å². The molecule has 0 radical (unpaired) electrons.